The van der Waals surface area contributed by atoms with Crippen molar-refractivity contribution in [3.63, 3.8) is 0 Å². The van der Waals surface area contributed by atoms with Crippen LogP contribution in [0.1, 0.15) is 26.2 Å². The van der Waals surface area contributed by atoms with E-state index in [1.165, 1.54) is 4.31 Å². The van der Waals surface area contributed by atoms with E-state index in [1.54, 1.807) is 0 Å². The lowest BCUT2D eigenvalue weighted by Crippen LogP contribution is -2.50. The van der Waals surface area contributed by atoms with Crippen LogP contribution < -0.4 is 10.5 Å². The van der Waals surface area contributed by atoms with E-state index in [2.05, 4.69) is 4.72 Å². The third-order valence-corrected chi connectivity index (χ3v) is 5.57. The molecule has 0 aromatic carbocycles. The topological polar surface area (TPSA) is 84.7 Å². The minimum absolute atomic E-state index is 0.0404. The van der Waals surface area contributed by atoms with Crippen LogP contribution in [0.15, 0.2) is 0 Å². The van der Waals surface area contributed by atoms with Gasteiger partial charge in [-0.2, -0.15) is 17.4 Å². The number of hydrogen-bond donors (Lipinski definition) is 2. The lowest BCUT2D eigenvalue weighted by molar-refractivity contribution is 0.116. The predicted molar refractivity (Wildman–Crippen MR) is 69.2 cm³/mol. The zero-order valence-corrected chi connectivity index (χ0v) is 11.7. The van der Waals surface area contributed by atoms with E-state index in [0.29, 0.717) is 32.2 Å². The van der Waals surface area contributed by atoms with Gasteiger partial charge in [0.1, 0.15) is 0 Å². The summed E-state index contributed by atoms with van der Waals surface area (Å²) in [7, 11) is -3.37. The Hall–Kier alpha value is -0.210. The molecule has 6 nitrogen and oxygen atoms in total. The monoisotopic (exact) mass is 277 g/mol. The van der Waals surface area contributed by atoms with E-state index in [1.807, 2.05) is 6.92 Å². The Balaban J connectivity index is 1.91. The Morgan fingerprint density at radius 1 is 1.33 bits per heavy atom. The van der Waals surface area contributed by atoms with Gasteiger partial charge in [0.25, 0.3) is 10.2 Å². The first-order chi connectivity index (χ1) is 8.53. The number of ether oxygens (including phenoxy) is 1. The average Bonchev–Trinajstić information content (AvgIpc) is 2.74. The summed E-state index contributed by atoms with van der Waals surface area (Å²) in [4.78, 5) is 0. The molecule has 0 spiro atoms. The number of piperidine rings is 1. The number of rotatable bonds is 4. The molecule has 2 aliphatic heterocycles. The van der Waals surface area contributed by atoms with Gasteiger partial charge < -0.3 is 10.5 Å². The Labute approximate surface area is 109 Å². The minimum atomic E-state index is -3.37. The predicted octanol–water partition coefficient (Wildman–Crippen LogP) is -0.331. The Morgan fingerprint density at radius 2 is 2.00 bits per heavy atom. The van der Waals surface area contributed by atoms with Gasteiger partial charge in [0, 0.05) is 19.7 Å². The summed E-state index contributed by atoms with van der Waals surface area (Å²) < 4.78 is 34.1. The molecule has 0 aromatic heterocycles. The molecule has 0 aromatic rings. The van der Waals surface area contributed by atoms with Gasteiger partial charge in [-0.1, -0.05) is 0 Å². The van der Waals surface area contributed by atoms with Gasteiger partial charge in [-0.15, -0.1) is 0 Å². The first kappa shape index (κ1) is 14.2. The van der Waals surface area contributed by atoms with E-state index in [0.717, 1.165) is 19.3 Å². The van der Waals surface area contributed by atoms with Gasteiger partial charge in [-0.05, 0) is 38.6 Å². The smallest absolute Gasteiger partial charge is 0.279 e. The molecule has 2 heterocycles. The van der Waals surface area contributed by atoms with Crippen LogP contribution in [0, 0.1) is 5.92 Å². The zero-order chi connectivity index (χ0) is 13.2. The molecule has 2 atom stereocenters. The molecule has 3 N–H and O–H groups in total. The lowest BCUT2D eigenvalue weighted by atomic mass is 9.99. The van der Waals surface area contributed by atoms with Gasteiger partial charge in [0.05, 0.1) is 12.1 Å². The van der Waals surface area contributed by atoms with Crippen LogP contribution in [0.3, 0.4) is 0 Å². The SMILES string of the molecule is CC1OCCC1NS(=O)(=O)N1CCC(CN)CC1. The van der Waals surface area contributed by atoms with Crippen LogP contribution in [0.25, 0.3) is 0 Å². The average molecular weight is 277 g/mol. The summed E-state index contributed by atoms with van der Waals surface area (Å²) in [5.41, 5.74) is 5.61. The molecule has 2 fully saturated rings. The summed E-state index contributed by atoms with van der Waals surface area (Å²) in [6.45, 7) is 4.32. The van der Waals surface area contributed by atoms with E-state index < -0.39 is 10.2 Å². The Bertz CT molecular complexity index is 366. The fourth-order valence-electron chi connectivity index (χ4n) is 2.54. The van der Waals surface area contributed by atoms with Crippen LogP contribution in [0.5, 0.6) is 0 Å². The molecule has 0 bridgehead atoms. The highest BCUT2D eigenvalue weighted by Crippen LogP contribution is 2.20. The van der Waals surface area contributed by atoms with E-state index in [4.69, 9.17) is 10.5 Å². The Morgan fingerprint density at radius 3 is 2.50 bits per heavy atom. The van der Waals surface area contributed by atoms with Crippen LogP contribution >= 0.6 is 0 Å². The second-order valence-electron chi connectivity index (χ2n) is 5.17. The van der Waals surface area contributed by atoms with Gasteiger partial charge in [0.15, 0.2) is 0 Å². The molecular weight excluding hydrogens is 254 g/mol. The summed E-state index contributed by atoms with van der Waals surface area (Å²) in [5.74, 6) is 0.463. The van der Waals surface area contributed by atoms with Crippen molar-refractivity contribution in [3.05, 3.63) is 0 Å². The van der Waals surface area contributed by atoms with Crippen molar-refractivity contribution in [2.24, 2.45) is 11.7 Å². The molecule has 18 heavy (non-hydrogen) atoms. The highest BCUT2D eigenvalue weighted by Gasteiger charge is 2.33. The van der Waals surface area contributed by atoms with Crippen molar-refractivity contribution in [1.29, 1.82) is 0 Å². The number of nitrogens with one attached hydrogen (secondary N) is 1. The van der Waals surface area contributed by atoms with Crippen LogP contribution in [-0.4, -0.2) is 51.1 Å². The second-order valence-corrected chi connectivity index (χ2v) is 6.87. The number of hydrogen-bond acceptors (Lipinski definition) is 4. The molecule has 0 saturated carbocycles. The van der Waals surface area contributed by atoms with E-state index in [-0.39, 0.29) is 12.1 Å². The lowest BCUT2D eigenvalue weighted by Gasteiger charge is -2.31. The van der Waals surface area contributed by atoms with Crippen molar-refractivity contribution in [3.8, 4) is 0 Å². The molecule has 0 radical (unpaired) electrons. The highest BCUT2D eigenvalue weighted by molar-refractivity contribution is 7.87. The molecule has 106 valence electrons. The quantitative estimate of drug-likeness (QED) is 0.737. The maximum Gasteiger partial charge on any atom is 0.279 e. The summed E-state index contributed by atoms with van der Waals surface area (Å²) in [5, 5.41) is 0. The van der Waals surface area contributed by atoms with Gasteiger partial charge in [0.2, 0.25) is 0 Å². The summed E-state index contributed by atoms with van der Waals surface area (Å²) in [6, 6.07) is -0.0952. The molecular formula is C11H23N3O3S. The number of nitrogens with two attached hydrogens (primary N) is 1. The van der Waals surface area contributed by atoms with Crippen LogP contribution in [-0.2, 0) is 14.9 Å². The van der Waals surface area contributed by atoms with Crippen LogP contribution in [0.4, 0.5) is 0 Å². The standard InChI is InChI=1S/C11H23N3O3S/c1-9-11(4-7-17-9)13-18(15,16)14-5-2-10(8-12)3-6-14/h9-11,13H,2-8,12H2,1H3. The Kier molecular flexibility index (Phi) is 4.60. The third-order valence-electron chi connectivity index (χ3n) is 3.92. The van der Waals surface area contributed by atoms with Gasteiger partial charge in [-0.25, -0.2) is 0 Å². The van der Waals surface area contributed by atoms with Crippen molar-refractivity contribution < 1.29 is 13.2 Å². The highest BCUT2D eigenvalue weighted by atomic mass is 32.2. The van der Waals surface area contributed by atoms with Crippen molar-refractivity contribution in [2.75, 3.05) is 26.2 Å². The van der Waals surface area contributed by atoms with Crippen molar-refractivity contribution >= 4 is 10.2 Å². The van der Waals surface area contributed by atoms with Crippen molar-refractivity contribution in [2.45, 2.75) is 38.3 Å². The van der Waals surface area contributed by atoms with Crippen LogP contribution in [0.2, 0.25) is 0 Å². The molecule has 2 unspecified atom stereocenters. The van der Waals surface area contributed by atoms with Gasteiger partial charge >= 0.3 is 0 Å². The van der Waals surface area contributed by atoms with E-state index >= 15 is 0 Å². The molecule has 0 amide bonds. The maximum atomic E-state index is 12.2. The fraction of sp³-hybridized carbons (Fsp3) is 1.00. The fourth-order valence-corrected chi connectivity index (χ4v) is 4.07. The zero-order valence-electron chi connectivity index (χ0n) is 10.8. The molecule has 2 saturated heterocycles. The summed E-state index contributed by atoms with van der Waals surface area (Å²) in [6.07, 6.45) is 2.42. The first-order valence-electron chi connectivity index (χ1n) is 6.62. The minimum Gasteiger partial charge on any atom is -0.377 e. The molecule has 0 aliphatic carbocycles. The van der Waals surface area contributed by atoms with E-state index in [9.17, 15) is 8.42 Å². The third kappa shape index (κ3) is 3.21. The second kappa shape index (κ2) is 5.83. The largest absolute Gasteiger partial charge is 0.377 e. The molecule has 7 heteroatoms. The maximum absolute atomic E-state index is 12.2. The number of nitrogens with zero attached hydrogens (tertiary/aromatic N) is 1. The normalized spacial score (nSPS) is 31.9. The molecule has 2 rings (SSSR count). The summed E-state index contributed by atoms with van der Waals surface area (Å²) >= 11 is 0. The first-order valence-corrected chi connectivity index (χ1v) is 8.06. The van der Waals surface area contributed by atoms with Gasteiger partial charge in [-0.3, -0.25) is 0 Å². The van der Waals surface area contributed by atoms with Crippen molar-refractivity contribution in [1.82, 2.24) is 9.03 Å². The molecule has 2 aliphatic rings.